The number of carbonyl (C=O) groups is 3. The van der Waals surface area contributed by atoms with Crippen molar-refractivity contribution < 1.29 is 19.1 Å². The van der Waals surface area contributed by atoms with Gasteiger partial charge in [0.15, 0.2) is 0 Å². The summed E-state index contributed by atoms with van der Waals surface area (Å²) in [4.78, 5) is 35.4. The van der Waals surface area contributed by atoms with E-state index in [1.54, 1.807) is 0 Å². The third-order valence-electron chi connectivity index (χ3n) is 4.53. The zero-order chi connectivity index (χ0) is 21.5. The van der Waals surface area contributed by atoms with Crippen molar-refractivity contribution in [1.82, 2.24) is 5.32 Å². The highest BCUT2D eigenvalue weighted by Gasteiger charge is 2.19. The molecule has 0 saturated heterocycles. The second-order valence-corrected chi connectivity index (χ2v) is 6.81. The number of hydrogen-bond donors (Lipinski definition) is 2. The summed E-state index contributed by atoms with van der Waals surface area (Å²) in [6.07, 6.45) is 0.279. The van der Waals surface area contributed by atoms with Crippen LogP contribution in [0.2, 0.25) is 0 Å². The van der Waals surface area contributed by atoms with Gasteiger partial charge in [-0.15, -0.1) is 0 Å². The zero-order valence-corrected chi connectivity index (χ0v) is 16.5. The van der Waals surface area contributed by atoms with Crippen LogP contribution in [0.5, 0.6) is 5.75 Å². The Kier molecular flexibility index (Phi) is 6.60. The van der Waals surface area contributed by atoms with Gasteiger partial charge in [-0.05, 0) is 41.0 Å². The van der Waals surface area contributed by atoms with Gasteiger partial charge in [0.25, 0.3) is 5.91 Å². The fourth-order valence-electron chi connectivity index (χ4n) is 3.00. The Hall–Kier alpha value is -3.93. The minimum Gasteiger partial charge on any atom is -0.427 e. The third-order valence-corrected chi connectivity index (χ3v) is 4.53. The molecule has 1 atom stereocenters. The lowest BCUT2D eigenvalue weighted by molar-refractivity contribution is -0.131. The van der Waals surface area contributed by atoms with E-state index in [0.717, 1.165) is 16.7 Å². The van der Waals surface area contributed by atoms with Gasteiger partial charge in [0.05, 0.1) is 0 Å². The minimum atomic E-state index is -0.853. The van der Waals surface area contributed by atoms with E-state index in [4.69, 9.17) is 10.5 Å². The van der Waals surface area contributed by atoms with Crippen LogP contribution in [0.1, 0.15) is 22.8 Å². The summed E-state index contributed by atoms with van der Waals surface area (Å²) >= 11 is 0. The molecule has 0 aromatic heterocycles. The predicted molar refractivity (Wildman–Crippen MR) is 114 cm³/mol. The van der Waals surface area contributed by atoms with E-state index >= 15 is 0 Å². The molecule has 0 fully saturated rings. The summed E-state index contributed by atoms with van der Waals surface area (Å²) in [6.45, 7) is 1.30. The minimum absolute atomic E-state index is 0.279. The molecule has 3 aromatic rings. The van der Waals surface area contributed by atoms with Crippen LogP contribution in [-0.4, -0.2) is 23.8 Å². The maximum Gasteiger partial charge on any atom is 0.308 e. The number of amides is 2. The summed E-state index contributed by atoms with van der Waals surface area (Å²) in [5, 5.41) is 2.67. The van der Waals surface area contributed by atoms with Crippen molar-refractivity contribution in [3.8, 4) is 16.9 Å². The summed E-state index contributed by atoms with van der Waals surface area (Å²) in [6, 6.07) is 22.9. The highest BCUT2D eigenvalue weighted by molar-refractivity contribution is 5.97. The van der Waals surface area contributed by atoms with Gasteiger partial charge in [-0.3, -0.25) is 14.4 Å². The van der Waals surface area contributed by atoms with Gasteiger partial charge in [0, 0.05) is 18.9 Å². The zero-order valence-electron chi connectivity index (χ0n) is 16.5. The number of rotatable bonds is 7. The number of benzene rings is 3. The SMILES string of the molecule is CC(=O)Oc1ccc(C(=O)N[C@H](Cc2ccc(-c3ccccc3)cc2)C(N)=O)cc1. The second kappa shape index (κ2) is 9.52. The molecule has 0 saturated carbocycles. The van der Waals surface area contributed by atoms with Gasteiger partial charge in [-0.25, -0.2) is 0 Å². The number of esters is 1. The van der Waals surface area contributed by atoms with Gasteiger partial charge in [-0.2, -0.15) is 0 Å². The van der Waals surface area contributed by atoms with Crippen LogP contribution in [-0.2, 0) is 16.0 Å². The maximum absolute atomic E-state index is 12.5. The lowest BCUT2D eigenvalue weighted by atomic mass is 10.00. The number of ether oxygens (including phenoxy) is 1. The molecule has 0 spiro atoms. The van der Waals surface area contributed by atoms with E-state index in [1.165, 1.54) is 31.2 Å². The molecule has 0 heterocycles. The van der Waals surface area contributed by atoms with E-state index in [-0.39, 0.29) is 6.42 Å². The van der Waals surface area contributed by atoms with Crippen LogP contribution in [0.4, 0.5) is 0 Å². The molecule has 3 rings (SSSR count). The van der Waals surface area contributed by atoms with Crippen molar-refractivity contribution >= 4 is 17.8 Å². The fourth-order valence-corrected chi connectivity index (χ4v) is 3.00. The van der Waals surface area contributed by atoms with Gasteiger partial charge in [-0.1, -0.05) is 54.6 Å². The standard InChI is InChI=1S/C24H22N2O4/c1-16(27)30-21-13-11-20(12-14-21)24(29)26-22(23(25)28)15-17-7-9-19(10-8-17)18-5-3-2-4-6-18/h2-14,22H,15H2,1H3,(H2,25,28)(H,26,29)/t22-/m1/s1. The fraction of sp³-hybridized carbons (Fsp3) is 0.125. The van der Waals surface area contributed by atoms with Crippen molar-refractivity contribution in [1.29, 1.82) is 0 Å². The first-order chi connectivity index (χ1) is 14.4. The lowest BCUT2D eigenvalue weighted by Crippen LogP contribution is -2.45. The molecule has 0 unspecified atom stereocenters. The summed E-state index contributed by atoms with van der Waals surface area (Å²) in [5.74, 6) is -1.16. The molecule has 3 aromatic carbocycles. The van der Waals surface area contributed by atoms with Gasteiger partial charge >= 0.3 is 5.97 Å². The number of carbonyl (C=O) groups excluding carboxylic acids is 3. The van der Waals surface area contributed by atoms with Crippen LogP contribution in [0.15, 0.2) is 78.9 Å². The predicted octanol–water partition coefficient (Wildman–Crippen LogP) is 3.11. The Balaban J connectivity index is 1.66. The summed E-state index contributed by atoms with van der Waals surface area (Å²) < 4.78 is 4.94. The summed E-state index contributed by atoms with van der Waals surface area (Å²) in [5.41, 5.74) is 8.87. The van der Waals surface area contributed by atoms with Crippen molar-refractivity contribution in [3.63, 3.8) is 0 Å². The largest absolute Gasteiger partial charge is 0.427 e. The van der Waals surface area contributed by atoms with Crippen LogP contribution < -0.4 is 15.8 Å². The first kappa shape index (κ1) is 20.8. The lowest BCUT2D eigenvalue weighted by Gasteiger charge is -2.16. The molecule has 152 valence electrons. The molecular weight excluding hydrogens is 380 g/mol. The van der Waals surface area contributed by atoms with Crippen molar-refractivity contribution in [2.24, 2.45) is 5.73 Å². The van der Waals surface area contributed by atoms with Crippen molar-refractivity contribution in [2.45, 2.75) is 19.4 Å². The molecule has 6 heteroatoms. The molecule has 0 aliphatic carbocycles. The van der Waals surface area contributed by atoms with E-state index in [2.05, 4.69) is 5.32 Å². The first-order valence-corrected chi connectivity index (χ1v) is 9.45. The van der Waals surface area contributed by atoms with E-state index in [9.17, 15) is 14.4 Å². The number of nitrogens with one attached hydrogen (secondary N) is 1. The normalized spacial score (nSPS) is 11.4. The van der Waals surface area contributed by atoms with Gasteiger partial charge in [0.2, 0.25) is 5.91 Å². The highest BCUT2D eigenvalue weighted by atomic mass is 16.5. The Morgan fingerprint density at radius 3 is 2.03 bits per heavy atom. The van der Waals surface area contributed by atoms with Crippen LogP contribution >= 0.6 is 0 Å². The molecule has 3 N–H and O–H groups in total. The monoisotopic (exact) mass is 402 g/mol. The maximum atomic E-state index is 12.5. The smallest absolute Gasteiger partial charge is 0.308 e. The Morgan fingerprint density at radius 2 is 1.47 bits per heavy atom. The molecular formula is C24H22N2O4. The van der Waals surface area contributed by atoms with E-state index < -0.39 is 23.8 Å². The quantitative estimate of drug-likeness (QED) is 0.469. The first-order valence-electron chi connectivity index (χ1n) is 9.45. The molecule has 0 aliphatic heterocycles. The van der Waals surface area contributed by atoms with Crippen molar-refractivity contribution in [2.75, 3.05) is 0 Å². The van der Waals surface area contributed by atoms with Crippen molar-refractivity contribution in [3.05, 3.63) is 90.0 Å². The van der Waals surface area contributed by atoms with Crippen LogP contribution in [0, 0.1) is 0 Å². The Labute approximate surface area is 174 Å². The molecule has 0 bridgehead atoms. The molecule has 30 heavy (non-hydrogen) atoms. The third kappa shape index (κ3) is 5.54. The molecule has 0 aliphatic rings. The molecule has 0 radical (unpaired) electrons. The second-order valence-electron chi connectivity index (χ2n) is 6.81. The number of nitrogens with two attached hydrogens (primary N) is 1. The average Bonchev–Trinajstić information content (AvgIpc) is 2.74. The number of hydrogen-bond acceptors (Lipinski definition) is 4. The van der Waals surface area contributed by atoms with Gasteiger partial charge < -0.3 is 15.8 Å². The highest BCUT2D eigenvalue weighted by Crippen LogP contribution is 2.20. The average molecular weight is 402 g/mol. The topological polar surface area (TPSA) is 98.5 Å². The Bertz CT molecular complexity index is 1030. The molecule has 2 amide bonds. The summed E-state index contributed by atoms with van der Waals surface area (Å²) in [7, 11) is 0. The van der Waals surface area contributed by atoms with Crippen LogP contribution in [0.25, 0.3) is 11.1 Å². The van der Waals surface area contributed by atoms with Gasteiger partial charge in [0.1, 0.15) is 11.8 Å². The molecule has 6 nitrogen and oxygen atoms in total. The van der Waals surface area contributed by atoms with E-state index in [0.29, 0.717) is 11.3 Å². The Morgan fingerprint density at radius 1 is 0.867 bits per heavy atom. The number of primary amides is 1. The van der Waals surface area contributed by atoms with Crippen LogP contribution in [0.3, 0.4) is 0 Å². The van der Waals surface area contributed by atoms with E-state index in [1.807, 2.05) is 54.6 Å².